The van der Waals surface area contributed by atoms with E-state index in [1.807, 2.05) is 0 Å². The number of rotatable bonds is 10. The summed E-state index contributed by atoms with van der Waals surface area (Å²) in [6.07, 6.45) is -1.63. The van der Waals surface area contributed by atoms with Gasteiger partial charge in [-0.15, -0.1) is 11.6 Å². The lowest BCUT2D eigenvalue weighted by Gasteiger charge is -2.24. The molecule has 0 heterocycles. The monoisotopic (exact) mass is 289 g/mol. The van der Waals surface area contributed by atoms with Gasteiger partial charge in [0.1, 0.15) is 6.61 Å². The molecular formula is C12H23ClF3NO. The molecule has 0 aliphatic carbocycles. The van der Waals surface area contributed by atoms with Crippen molar-refractivity contribution >= 4 is 11.6 Å². The molecule has 0 rings (SSSR count). The van der Waals surface area contributed by atoms with Crippen LogP contribution < -0.4 is 5.32 Å². The van der Waals surface area contributed by atoms with E-state index in [1.54, 1.807) is 0 Å². The highest BCUT2D eigenvalue weighted by Crippen LogP contribution is 2.21. The molecule has 0 saturated carbocycles. The molecule has 0 fully saturated rings. The number of halogens is 4. The van der Waals surface area contributed by atoms with Gasteiger partial charge in [0.15, 0.2) is 0 Å². The molecule has 6 heteroatoms. The molecule has 0 radical (unpaired) electrons. The molecule has 0 bridgehead atoms. The molecular weight excluding hydrogens is 267 g/mol. The fraction of sp³-hybridized carbons (Fsp3) is 1.00. The Kier molecular flexibility index (Phi) is 8.99. The molecule has 0 unspecified atom stereocenters. The number of hydrogen-bond donors (Lipinski definition) is 1. The Morgan fingerprint density at radius 3 is 2.39 bits per heavy atom. The second kappa shape index (κ2) is 8.99. The molecule has 1 N–H and O–H groups in total. The largest absolute Gasteiger partial charge is 0.411 e. The van der Waals surface area contributed by atoms with Gasteiger partial charge in [0.05, 0.1) is 0 Å². The molecule has 0 spiro atoms. The summed E-state index contributed by atoms with van der Waals surface area (Å²) in [7, 11) is 0. The van der Waals surface area contributed by atoms with Gasteiger partial charge < -0.3 is 10.1 Å². The van der Waals surface area contributed by atoms with Crippen LogP contribution >= 0.6 is 11.6 Å². The lowest BCUT2D eigenvalue weighted by atomic mass is 9.88. The van der Waals surface area contributed by atoms with E-state index in [-0.39, 0.29) is 12.0 Å². The van der Waals surface area contributed by atoms with E-state index in [4.69, 9.17) is 11.6 Å². The first-order valence-corrected chi connectivity index (χ1v) is 6.71. The summed E-state index contributed by atoms with van der Waals surface area (Å²) < 4.78 is 39.8. The first-order valence-electron chi connectivity index (χ1n) is 6.18. The number of ether oxygens (including phenoxy) is 1. The van der Waals surface area contributed by atoms with Gasteiger partial charge in [-0.1, -0.05) is 13.8 Å². The number of hydrogen-bond acceptors (Lipinski definition) is 2. The van der Waals surface area contributed by atoms with Gasteiger partial charge >= 0.3 is 6.18 Å². The van der Waals surface area contributed by atoms with E-state index in [1.165, 1.54) is 0 Å². The SMILES string of the molecule is CC(C)(CCCCl)CNCCCOCC(F)(F)F. The van der Waals surface area contributed by atoms with Crippen molar-refractivity contribution in [1.82, 2.24) is 5.32 Å². The lowest BCUT2D eigenvalue weighted by molar-refractivity contribution is -0.173. The zero-order chi connectivity index (χ0) is 14.1. The van der Waals surface area contributed by atoms with Crippen molar-refractivity contribution in [2.45, 2.75) is 39.3 Å². The van der Waals surface area contributed by atoms with E-state index in [2.05, 4.69) is 23.9 Å². The van der Waals surface area contributed by atoms with Gasteiger partial charge in [0.2, 0.25) is 0 Å². The number of nitrogens with one attached hydrogen (secondary N) is 1. The van der Waals surface area contributed by atoms with E-state index < -0.39 is 12.8 Å². The Morgan fingerprint density at radius 1 is 1.17 bits per heavy atom. The molecule has 0 atom stereocenters. The second-order valence-electron chi connectivity index (χ2n) is 5.15. The van der Waals surface area contributed by atoms with E-state index in [0.29, 0.717) is 18.8 Å². The summed E-state index contributed by atoms with van der Waals surface area (Å²) in [5.41, 5.74) is 0.168. The minimum absolute atomic E-state index is 0.134. The van der Waals surface area contributed by atoms with Crippen molar-refractivity contribution in [2.75, 3.05) is 32.2 Å². The van der Waals surface area contributed by atoms with Crippen LogP contribution in [0.2, 0.25) is 0 Å². The molecule has 0 saturated heterocycles. The third kappa shape index (κ3) is 12.5. The molecule has 0 aliphatic rings. The summed E-state index contributed by atoms with van der Waals surface area (Å²) in [5.74, 6) is 0.661. The first-order chi connectivity index (χ1) is 8.27. The Balaban J connectivity index is 3.39. The molecule has 2 nitrogen and oxygen atoms in total. The smallest absolute Gasteiger partial charge is 0.372 e. The Hall–Kier alpha value is -0.0000000000000000555. The van der Waals surface area contributed by atoms with Crippen LogP contribution in [0.1, 0.15) is 33.1 Å². The zero-order valence-corrected chi connectivity index (χ0v) is 11.8. The fourth-order valence-electron chi connectivity index (χ4n) is 1.55. The minimum atomic E-state index is -4.23. The zero-order valence-electron chi connectivity index (χ0n) is 11.1. The molecule has 0 amide bonds. The van der Waals surface area contributed by atoms with Crippen molar-refractivity contribution in [3.05, 3.63) is 0 Å². The average Bonchev–Trinajstić information content (AvgIpc) is 2.23. The highest BCUT2D eigenvalue weighted by atomic mass is 35.5. The highest BCUT2D eigenvalue weighted by molar-refractivity contribution is 6.17. The summed E-state index contributed by atoms with van der Waals surface area (Å²) in [5, 5.41) is 3.23. The Morgan fingerprint density at radius 2 is 1.83 bits per heavy atom. The van der Waals surface area contributed by atoms with E-state index in [9.17, 15) is 13.2 Å². The summed E-state index contributed by atoms with van der Waals surface area (Å²) in [6.45, 7) is 4.77. The highest BCUT2D eigenvalue weighted by Gasteiger charge is 2.27. The van der Waals surface area contributed by atoms with Crippen molar-refractivity contribution in [3.8, 4) is 0 Å². The van der Waals surface area contributed by atoms with Gasteiger partial charge in [-0.2, -0.15) is 13.2 Å². The van der Waals surface area contributed by atoms with Crippen LogP contribution in [-0.4, -0.2) is 38.4 Å². The van der Waals surface area contributed by atoms with Gasteiger partial charge in [0.25, 0.3) is 0 Å². The Bertz CT molecular complexity index is 210. The maximum absolute atomic E-state index is 11.8. The molecule has 110 valence electrons. The molecule has 0 aliphatic heterocycles. The van der Waals surface area contributed by atoms with Crippen molar-refractivity contribution in [3.63, 3.8) is 0 Å². The number of alkyl halides is 4. The predicted octanol–water partition coefficient (Wildman–Crippen LogP) is 3.59. The standard InChI is InChI=1S/C12H23ClF3NO/c1-11(2,5-3-6-13)9-17-7-4-8-18-10-12(14,15)16/h17H,3-10H2,1-2H3. The van der Waals surface area contributed by atoms with Gasteiger partial charge in [-0.25, -0.2) is 0 Å². The van der Waals surface area contributed by atoms with Crippen LogP contribution in [0.15, 0.2) is 0 Å². The maximum Gasteiger partial charge on any atom is 0.411 e. The topological polar surface area (TPSA) is 21.3 Å². The van der Waals surface area contributed by atoms with Crippen LogP contribution in [0.4, 0.5) is 13.2 Å². The summed E-state index contributed by atoms with van der Waals surface area (Å²) >= 11 is 5.63. The molecule has 18 heavy (non-hydrogen) atoms. The molecule has 0 aromatic heterocycles. The summed E-state index contributed by atoms with van der Waals surface area (Å²) in [6, 6.07) is 0. The first kappa shape index (κ1) is 18.0. The van der Waals surface area contributed by atoms with Gasteiger partial charge in [-0.05, 0) is 31.2 Å². The van der Waals surface area contributed by atoms with Gasteiger partial charge in [0, 0.05) is 19.0 Å². The van der Waals surface area contributed by atoms with Crippen LogP contribution in [0, 0.1) is 5.41 Å². The lowest BCUT2D eigenvalue weighted by Crippen LogP contribution is -2.30. The van der Waals surface area contributed by atoms with Gasteiger partial charge in [-0.3, -0.25) is 0 Å². The van der Waals surface area contributed by atoms with Crippen molar-refractivity contribution < 1.29 is 17.9 Å². The molecule has 0 aromatic rings. The maximum atomic E-state index is 11.8. The third-order valence-electron chi connectivity index (χ3n) is 2.50. The average molecular weight is 290 g/mol. The third-order valence-corrected chi connectivity index (χ3v) is 2.77. The van der Waals surface area contributed by atoms with E-state index >= 15 is 0 Å². The predicted molar refractivity (Wildman–Crippen MR) is 68.1 cm³/mol. The van der Waals surface area contributed by atoms with Crippen molar-refractivity contribution in [1.29, 1.82) is 0 Å². The van der Waals surface area contributed by atoms with Crippen LogP contribution in [-0.2, 0) is 4.74 Å². The normalized spacial score (nSPS) is 13.0. The second-order valence-corrected chi connectivity index (χ2v) is 5.53. The van der Waals surface area contributed by atoms with Crippen molar-refractivity contribution in [2.24, 2.45) is 5.41 Å². The Labute approximate surface area is 112 Å². The minimum Gasteiger partial charge on any atom is -0.372 e. The molecule has 0 aromatic carbocycles. The van der Waals surface area contributed by atoms with Crippen LogP contribution in [0.5, 0.6) is 0 Å². The fourth-order valence-corrected chi connectivity index (χ4v) is 1.68. The summed E-state index contributed by atoms with van der Waals surface area (Å²) in [4.78, 5) is 0. The van der Waals surface area contributed by atoms with E-state index in [0.717, 1.165) is 19.4 Å². The van der Waals surface area contributed by atoms with Crippen LogP contribution in [0.25, 0.3) is 0 Å². The van der Waals surface area contributed by atoms with Crippen LogP contribution in [0.3, 0.4) is 0 Å². The quantitative estimate of drug-likeness (QED) is 0.490.